The summed E-state index contributed by atoms with van der Waals surface area (Å²) in [6.45, 7) is -0.207. The molecule has 3 aromatic rings. The maximum absolute atomic E-state index is 12.3. The third-order valence-electron chi connectivity index (χ3n) is 3.90. The third kappa shape index (κ3) is 4.33. The van der Waals surface area contributed by atoms with Crippen LogP contribution in [0.25, 0.3) is 11.3 Å². The van der Waals surface area contributed by atoms with Gasteiger partial charge >= 0.3 is 0 Å². The van der Waals surface area contributed by atoms with Gasteiger partial charge in [0.25, 0.3) is 5.56 Å². The van der Waals surface area contributed by atoms with Crippen molar-refractivity contribution in [2.24, 2.45) is 0 Å². The van der Waals surface area contributed by atoms with Gasteiger partial charge in [0.1, 0.15) is 18.0 Å². The molecule has 1 amide bonds. The Balaban J connectivity index is 1.89. The number of carbonyl (C=O) groups excluding carboxylic acids is 1. The monoisotopic (exact) mass is 365 g/mol. The molecule has 0 radical (unpaired) electrons. The van der Waals surface area contributed by atoms with Gasteiger partial charge in [-0.3, -0.25) is 9.59 Å². The number of amides is 1. The first-order valence-electron chi connectivity index (χ1n) is 8.26. The molecule has 0 unspecified atom stereocenters. The molecule has 0 fully saturated rings. The number of anilines is 1. The number of hydrogen-bond donors (Lipinski definition) is 1. The van der Waals surface area contributed by atoms with E-state index in [1.807, 2.05) is 30.3 Å². The van der Waals surface area contributed by atoms with Gasteiger partial charge in [0.2, 0.25) is 5.91 Å². The summed E-state index contributed by atoms with van der Waals surface area (Å²) in [6, 6.07) is 17.5. The minimum atomic E-state index is -0.424. The predicted octanol–water partition coefficient (Wildman–Crippen LogP) is 2.57. The van der Waals surface area contributed by atoms with Crippen molar-refractivity contribution >= 4 is 11.6 Å². The van der Waals surface area contributed by atoms with Crippen LogP contribution in [0.15, 0.2) is 65.5 Å². The highest BCUT2D eigenvalue weighted by atomic mass is 16.5. The Bertz CT molecular complexity index is 982. The molecule has 3 rings (SSSR count). The summed E-state index contributed by atoms with van der Waals surface area (Å²) in [5.41, 5.74) is 1.43. The number of para-hydroxylation sites is 1. The van der Waals surface area contributed by atoms with Crippen molar-refractivity contribution in [1.29, 1.82) is 0 Å². The highest BCUT2D eigenvalue weighted by Crippen LogP contribution is 2.27. The Morgan fingerprint density at radius 3 is 2.37 bits per heavy atom. The lowest BCUT2D eigenvalue weighted by Crippen LogP contribution is -2.29. The predicted molar refractivity (Wildman–Crippen MR) is 102 cm³/mol. The van der Waals surface area contributed by atoms with E-state index in [9.17, 15) is 9.59 Å². The number of hydrogen-bond acceptors (Lipinski definition) is 5. The molecule has 1 heterocycles. The zero-order chi connectivity index (χ0) is 19.2. The normalized spacial score (nSPS) is 10.3. The van der Waals surface area contributed by atoms with E-state index in [2.05, 4.69) is 10.4 Å². The maximum Gasteiger partial charge on any atom is 0.270 e. The highest BCUT2D eigenvalue weighted by molar-refractivity contribution is 5.90. The van der Waals surface area contributed by atoms with Gasteiger partial charge in [-0.15, -0.1) is 0 Å². The summed E-state index contributed by atoms with van der Waals surface area (Å²) in [5.74, 6) is 0.694. The lowest BCUT2D eigenvalue weighted by molar-refractivity contribution is -0.117. The Morgan fingerprint density at radius 1 is 1.04 bits per heavy atom. The van der Waals surface area contributed by atoms with Gasteiger partial charge in [0.05, 0.1) is 14.2 Å². The fourth-order valence-electron chi connectivity index (χ4n) is 2.55. The molecular weight excluding hydrogens is 346 g/mol. The van der Waals surface area contributed by atoms with Crippen LogP contribution in [0.2, 0.25) is 0 Å². The molecule has 0 aliphatic carbocycles. The average molecular weight is 365 g/mol. The quantitative estimate of drug-likeness (QED) is 0.726. The van der Waals surface area contributed by atoms with E-state index >= 15 is 0 Å². The molecule has 1 aromatic heterocycles. The molecule has 7 nitrogen and oxygen atoms in total. The van der Waals surface area contributed by atoms with Crippen molar-refractivity contribution in [1.82, 2.24) is 9.78 Å². The Hall–Kier alpha value is -3.61. The van der Waals surface area contributed by atoms with Gasteiger partial charge < -0.3 is 14.8 Å². The fraction of sp³-hybridized carbons (Fsp3) is 0.150. The van der Waals surface area contributed by atoms with E-state index < -0.39 is 5.56 Å². The van der Waals surface area contributed by atoms with Crippen molar-refractivity contribution in [2.75, 3.05) is 19.5 Å². The Kier molecular flexibility index (Phi) is 5.51. The number of methoxy groups -OCH3 is 2. The molecule has 0 bridgehead atoms. The molecule has 0 aliphatic rings. The second-order valence-electron chi connectivity index (χ2n) is 5.70. The van der Waals surface area contributed by atoms with Crippen molar-refractivity contribution in [3.05, 3.63) is 71.0 Å². The zero-order valence-corrected chi connectivity index (χ0v) is 15.0. The average Bonchev–Trinajstić information content (AvgIpc) is 2.70. The zero-order valence-electron chi connectivity index (χ0n) is 15.0. The highest BCUT2D eigenvalue weighted by Gasteiger charge is 2.14. The molecule has 7 heteroatoms. The van der Waals surface area contributed by atoms with Crippen LogP contribution in [0, 0.1) is 0 Å². The van der Waals surface area contributed by atoms with E-state index in [0.717, 1.165) is 10.2 Å². The van der Waals surface area contributed by atoms with Gasteiger partial charge in [-0.2, -0.15) is 5.10 Å². The van der Waals surface area contributed by atoms with E-state index in [4.69, 9.17) is 9.47 Å². The lowest BCUT2D eigenvalue weighted by atomic mass is 10.1. The lowest BCUT2D eigenvalue weighted by Gasteiger charge is -2.12. The number of nitrogens with zero attached hydrogens (tertiary/aromatic N) is 2. The smallest absolute Gasteiger partial charge is 0.270 e. The summed E-state index contributed by atoms with van der Waals surface area (Å²) in [6.07, 6.45) is 0. The fourth-order valence-corrected chi connectivity index (χ4v) is 2.55. The maximum atomic E-state index is 12.3. The third-order valence-corrected chi connectivity index (χ3v) is 3.90. The van der Waals surface area contributed by atoms with Crippen LogP contribution in [0.4, 0.5) is 5.69 Å². The second kappa shape index (κ2) is 8.18. The number of aromatic nitrogens is 2. The van der Waals surface area contributed by atoms with Crippen molar-refractivity contribution < 1.29 is 14.3 Å². The van der Waals surface area contributed by atoms with Crippen molar-refractivity contribution in [3.63, 3.8) is 0 Å². The standard InChI is InChI=1S/C20H19N3O4/c1-26-16-10-8-14(9-11-16)20-17(27-2)12-19(25)23(22-20)13-18(24)21-15-6-4-3-5-7-15/h3-12H,13H2,1-2H3,(H,21,24). The largest absolute Gasteiger partial charge is 0.497 e. The summed E-state index contributed by atoms with van der Waals surface area (Å²) in [5, 5.41) is 7.06. The Labute approximate surface area is 156 Å². The first-order chi connectivity index (χ1) is 13.1. The van der Waals surface area contributed by atoms with E-state index in [1.54, 1.807) is 31.4 Å². The molecule has 27 heavy (non-hydrogen) atoms. The molecule has 0 spiro atoms. The van der Waals surface area contributed by atoms with Crippen LogP contribution in [-0.2, 0) is 11.3 Å². The molecular formula is C20H19N3O4. The van der Waals surface area contributed by atoms with Crippen molar-refractivity contribution in [2.45, 2.75) is 6.54 Å². The van der Waals surface area contributed by atoms with Crippen LogP contribution in [0.5, 0.6) is 11.5 Å². The summed E-state index contributed by atoms with van der Waals surface area (Å²) < 4.78 is 11.6. The first-order valence-corrected chi connectivity index (χ1v) is 8.26. The summed E-state index contributed by atoms with van der Waals surface area (Å²) in [4.78, 5) is 24.6. The van der Waals surface area contributed by atoms with Gasteiger partial charge in [-0.05, 0) is 36.4 Å². The van der Waals surface area contributed by atoms with Gasteiger partial charge in [0, 0.05) is 17.3 Å². The summed E-state index contributed by atoms with van der Waals surface area (Å²) >= 11 is 0. The molecule has 0 aliphatic heterocycles. The van der Waals surface area contributed by atoms with Crippen LogP contribution in [0.3, 0.4) is 0 Å². The number of carbonyl (C=O) groups is 1. The van der Waals surface area contributed by atoms with Gasteiger partial charge in [-0.1, -0.05) is 18.2 Å². The SMILES string of the molecule is COc1ccc(-c2nn(CC(=O)Nc3ccccc3)c(=O)cc2OC)cc1. The first kappa shape index (κ1) is 18.2. The van der Waals surface area contributed by atoms with Crippen LogP contribution in [0.1, 0.15) is 0 Å². The van der Waals surface area contributed by atoms with Crippen LogP contribution >= 0.6 is 0 Å². The number of rotatable bonds is 6. The van der Waals surface area contributed by atoms with Crippen molar-refractivity contribution in [3.8, 4) is 22.8 Å². The summed E-state index contributed by atoms with van der Waals surface area (Å²) in [7, 11) is 3.05. The molecule has 0 atom stereocenters. The molecule has 0 saturated carbocycles. The molecule has 138 valence electrons. The number of nitrogens with one attached hydrogen (secondary N) is 1. The van der Waals surface area contributed by atoms with Crippen LogP contribution < -0.4 is 20.3 Å². The minimum absolute atomic E-state index is 0.207. The van der Waals surface area contributed by atoms with E-state index in [1.165, 1.54) is 13.2 Å². The van der Waals surface area contributed by atoms with E-state index in [-0.39, 0.29) is 12.5 Å². The molecule has 1 N–H and O–H groups in total. The van der Waals surface area contributed by atoms with E-state index in [0.29, 0.717) is 22.9 Å². The second-order valence-corrected chi connectivity index (χ2v) is 5.70. The van der Waals surface area contributed by atoms with Gasteiger partial charge in [-0.25, -0.2) is 4.68 Å². The van der Waals surface area contributed by atoms with Crippen LogP contribution in [-0.4, -0.2) is 29.9 Å². The molecule has 0 saturated heterocycles. The van der Waals surface area contributed by atoms with Gasteiger partial charge in [0.15, 0.2) is 5.75 Å². The minimum Gasteiger partial charge on any atom is -0.497 e. The topological polar surface area (TPSA) is 82.5 Å². The Morgan fingerprint density at radius 2 is 1.74 bits per heavy atom. The molecule has 2 aromatic carbocycles. The number of ether oxygens (including phenoxy) is 2. The number of benzene rings is 2.